The molecular weight excluding hydrogens is 845 g/mol. The Labute approximate surface area is 387 Å². The highest BCUT2D eigenvalue weighted by Gasteiger charge is 2.53. The molecule has 3 fully saturated rings. The highest BCUT2D eigenvalue weighted by molar-refractivity contribution is 5.70. The van der Waals surface area contributed by atoms with E-state index in [9.17, 15) is 29.7 Å². The molecule has 4 aliphatic heterocycles. The number of cyclic esters (lactones) is 1. The predicted octanol–water partition coefficient (Wildman–Crippen LogP) is 3.92. The SMILES string of the molecule is COC1C(O)CC(=O)OC(C)CC=CC=CC(OC2CCC(N(C)C)C(C)O2)C(C)CC(CC=O)C1OC1OC(C)C(OC2CC(C)(O)C(OC(=O)CC(C)C)C(C)O2)C(N(C)C)C1O. The quantitative estimate of drug-likeness (QED) is 0.167. The fraction of sp³-hybridized carbons (Fsp3) is 0.854. The van der Waals surface area contributed by atoms with Crippen LogP contribution in [-0.2, 0) is 57.0 Å². The number of nitrogens with zero attached hydrogens (tertiary/aromatic N) is 2. The summed E-state index contributed by atoms with van der Waals surface area (Å²) in [5, 5.41) is 35.5. The number of hydrogen-bond acceptors (Lipinski definition) is 17. The van der Waals surface area contributed by atoms with E-state index >= 15 is 0 Å². The first-order valence-corrected chi connectivity index (χ1v) is 23.6. The van der Waals surface area contributed by atoms with Gasteiger partial charge < -0.3 is 72.5 Å². The molecule has 4 aliphatic rings. The molecule has 0 radical (unpaired) electrons. The van der Waals surface area contributed by atoms with Crippen LogP contribution in [0.4, 0.5) is 0 Å². The van der Waals surface area contributed by atoms with E-state index in [2.05, 4.69) is 4.90 Å². The first-order valence-electron chi connectivity index (χ1n) is 23.6. The number of likely N-dealkylation sites (N-methyl/N-ethyl adjacent to an activating group) is 2. The molecule has 19 atom stereocenters. The zero-order chi connectivity index (χ0) is 48.3. The third-order valence-electron chi connectivity index (χ3n) is 13.2. The molecule has 3 N–H and O–H groups in total. The summed E-state index contributed by atoms with van der Waals surface area (Å²) >= 11 is 0. The number of carbonyl (C=O) groups excluding carboxylic acids is 3. The Bertz CT molecular complexity index is 1540. The van der Waals surface area contributed by atoms with E-state index in [1.165, 1.54) is 7.11 Å². The lowest BCUT2D eigenvalue weighted by Gasteiger charge is -2.50. The van der Waals surface area contributed by atoms with Gasteiger partial charge in [0.25, 0.3) is 0 Å². The third kappa shape index (κ3) is 15.6. The first-order chi connectivity index (χ1) is 30.6. The van der Waals surface area contributed by atoms with Gasteiger partial charge in [0.15, 0.2) is 25.0 Å². The van der Waals surface area contributed by atoms with E-state index in [-0.39, 0.29) is 43.2 Å². The van der Waals surface area contributed by atoms with Gasteiger partial charge in [0.1, 0.15) is 36.3 Å². The van der Waals surface area contributed by atoms with Crippen LogP contribution in [0.2, 0.25) is 0 Å². The van der Waals surface area contributed by atoms with Crippen LogP contribution in [0.5, 0.6) is 0 Å². The van der Waals surface area contributed by atoms with Crippen molar-refractivity contribution in [2.75, 3.05) is 35.3 Å². The maximum atomic E-state index is 13.2. The number of aliphatic hydroxyl groups is 3. The molecule has 4 heterocycles. The Morgan fingerprint density at radius 2 is 1.60 bits per heavy atom. The average molecular weight is 927 g/mol. The van der Waals surface area contributed by atoms with Crippen LogP contribution < -0.4 is 0 Å². The number of methoxy groups -OCH3 is 1. The molecule has 0 amide bonds. The molecule has 4 rings (SSSR count). The van der Waals surface area contributed by atoms with Crippen LogP contribution >= 0.6 is 0 Å². The predicted molar refractivity (Wildman–Crippen MR) is 240 cm³/mol. The number of esters is 2. The van der Waals surface area contributed by atoms with Crippen molar-refractivity contribution in [2.24, 2.45) is 17.8 Å². The van der Waals surface area contributed by atoms with Crippen molar-refractivity contribution >= 4 is 18.2 Å². The second-order valence-electron chi connectivity index (χ2n) is 19.9. The lowest BCUT2D eigenvalue weighted by Crippen LogP contribution is -2.66. The molecule has 0 bridgehead atoms. The van der Waals surface area contributed by atoms with Crippen molar-refractivity contribution in [1.82, 2.24) is 9.80 Å². The van der Waals surface area contributed by atoms with E-state index < -0.39 is 116 Å². The molecule has 3 saturated heterocycles. The van der Waals surface area contributed by atoms with Gasteiger partial charge in [-0.1, -0.05) is 45.1 Å². The van der Waals surface area contributed by atoms with Gasteiger partial charge in [0.05, 0.1) is 49.1 Å². The molecular formula is C48H82N2O15. The van der Waals surface area contributed by atoms with E-state index in [4.69, 9.17) is 42.6 Å². The minimum atomic E-state index is -1.49. The molecule has 374 valence electrons. The fourth-order valence-corrected chi connectivity index (χ4v) is 9.84. The Hall–Kier alpha value is -2.39. The number of aliphatic hydroxyl groups excluding tert-OH is 2. The average Bonchev–Trinajstić information content (AvgIpc) is 3.19. The molecule has 0 aromatic carbocycles. The third-order valence-corrected chi connectivity index (χ3v) is 13.2. The van der Waals surface area contributed by atoms with Gasteiger partial charge in [0.2, 0.25) is 0 Å². The van der Waals surface area contributed by atoms with Crippen LogP contribution in [-0.4, -0.2) is 182 Å². The molecule has 0 aromatic heterocycles. The van der Waals surface area contributed by atoms with Crippen molar-refractivity contribution in [2.45, 2.75) is 210 Å². The Morgan fingerprint density at radius 3 is 2.20 bits per heavy atom. The number of hydrogen-bond donors (Lipinski definition) is 3. The minimum absolute atomic E-state index is 0.0208. The monoisotopic (exact) mass is 927 g/mol. The van der Waals surface area contributed by atoms with Crippen molar-refractivity contribution in [3.8, 4) is 0 Å². The fourth-order valence-electron chi connectivity index (χ4n) is 9.84. The summed E-state index contributed by atoms with van der Waals surface area (Å²) in [7, 11) is 9.03. The summed E-state index contributed by atoms with van der Waals surface area (Å²) in [6.07, 6.45) is -1.52. The van der Waals surface area contributed by atoms with Crippen molar-refractivity contribution in [1.29, 1.82) is 0 Å². The summed E-state index contributed by atoms with van der Waals surface area (Å²) in [4.78, 5) is 42.3. The smallest absolute Gasteiger partial charge is 0.308 e. The number of allylic oxidation sites excluding steroid dienone is 2. The van der Waals surface area contributed by atoms with Crippen molar-refractivity contribution in [3.05, 3.63) is 24.3 Å². The van der Waals surface area contributed by atoms with Gasteiger partial charge in [0, 0.05) is 38.8 Å². The van der Waals surface area contributed by atoms with Crippen molar-refractivity contribution in [3.63, 3.8) is 0 Å². The summed E-state index contributed by atoms with van der Waals surface area (Å²) in [5.41, 5.74) is -1.49. The molecule has 17 nitrogen and oxygen atoms in total. The largest absolute Gasteiger partial charge is 0.462 e. The van der Waals surface area contributed by atoms with E-state index in [0.717, 1.165) is 12.7 Å². The molecule has 65 heavy (non-hydrogen) atoms. The van der Waals surface area contributed by atoms with Crippen LogP contribution in [0, 0.1) is 17.8 Å². The van der Waals surface area contributed by atoms with E-state index in [0.29, 0.717) is 19.3 Å². The molecule has 0 saturated carbocycles. The highest BCUT2D eigenvalue weighted by Crippen LogP contribution is 2.38. The second-order valence-corrected chi connectivity index (χ2v) is 19.9. The van der Waals surface area contributed by atoms with Gasteiger partial charge in [-0.2, -0.15) is 0 Å². The molecule has 17 heteroatoms. The Kier molecular flexibility index (Phi) is 21.5. The standard InChI is InChI=1S/C48H82N2O15/c1-27(2)23-37(53)63-46-32(7)60-40(26-48(46,8)56)64-43-31(6)61-47(42(55)41(43)50(11)12)65-44-33(21-22-51)24-28(3)36(62-39-20-19-34(49(9)10)30(5)59-39)18-16-14-15-17-29(4)58-38(54)25-35(52)45(44)57-13/h14-16,18,22,27-36,39-47,52,55-56H,17,19-21,23-26H2,1-13H3. The molecule has 0 spiro atoms. The number of rotatable bonds is 14. The van der Waals surface area contributed by atoms with E-state index in [1.807, 2.05) is 66.1 Å². The highest BCUT2D eigenvalue weighted by atomic mass is 16.7. The van der Waals surface area contributed by atoms with Gasteiger partial charge in [-0.25, -0.2) is 0 Å². The first kappa shape index (κ1) is 55.2. The van der Waals surface area contributed by atoms with Crippen LogP contribution in [0.1, 0.15) is 107 Å². The van der Waals surface area contributed by atoms with Gasteiger partial charge in [-0.05, 0) is 99.8 Å². The lowest BCUT2D eigenvalue weighted by atomic mass is 9.82. The second kappa shape index (κ2) is 25.3. The lowest BCUT2D eigenvalue weighted by molar-refractivity contribution is -0.344. The van der Waals surface area contributed by atoms with Crippen LogP contribution in [0.3, 0.4) is 0 Å². The number of aldehydes is 1. The maximum absolute atomic E-state index is 13.2. The molecule has 19 unspecified atom stereocenters. The van der Waals surface area contributed by atoms with E-state index in [1.54, 1.807) is 46.7 Å². The Balaban J connectivity index is 1.63. The summed E-state index contributed by atoms with van der Waals surface area (Å²) in [6.45, 7) is 14.7. The summed E-state index contributed by atoms with van der Waals surface area (Å²) < 4.78 is 56.3. The maximum Gasteiger partial charge on any atom is 0.308 e. The normalized spacial score (nSPS) is 41.7. The summed E-state index contributed by atoms with van der Waals surface area (Å²) in [5.74, 6) is -1.85. The van der Waals surface area contributed by atoms with Gasteiger partial charge in [-0.3, -0.25) is 9.59 Å². The number of carbonyl (C=O) groups is 3. The van der Waals surface area contributed by atoms with Crippen LogP contribution in [0.25, 0.3) is 0 Å². The molecule has 0 aliphatic carbocycles. The summed E-state index contributed by atoms with van der Waals surface area (Å²) in [6, 6.07) is -0.506. The zero-order valence-corrected chi connectivity index (χ0v) is 41.1. The zero-order valence-electron chi connectivity index (χ0n) is 41.1. The van der Waals surface area contributed by atoms with Gasteiger partial charge in [-0.15, -0.1) is 0 Å². The number of ether oxygens (including phenoxy) is 9. The topological polar surface area (TPSA) is 201 Å². The van der Waals surface area contributed by atoms with Gasteiger partial charge >= 0.3 is 11.9 Å². The molecule has 0 aromatic rings. The van der Waals surface area contributed by atoms with Crippen LogP contribution in [0.15, 0.2) is 24.3 Å². The minimum Gasteiger partial charge on any atom is -0.462 e. The Morgan fingerprint density at radius 1 is 0.908 bits per heavy atom. The van der Waals surface area contributed by atoms with Crippen molar-refractivity contribution < 1.29 is 72.3 Å².